The number of benzene rings is 1. The normalized spacial score (nSPS) is 20.5. The van der Waals surface area contributed by atoms with Gasteiger partial charge in [-0.05, 0) is 49.9 Å². The fourth-order valence-corrected chi connectivity index (χ4v) is 3.21. The number of hydrogen-bond acceptors (Lipinski definition) is 5. The highest BCUT2D eigenvalue weighted by molar-refractivity contribution is 6.30. The maximum atomic E-state index is 6.13. The van der Waals surface area contributed by atoms with Crippen LogP contribution in [0.1, 0.15) is 32.1 Å². The molecule has 1 spiro atoms. The van der Waals surface area contributed by atoms with Crippen LogP contribution >= 0.6 is 11.6 Å². The monoisotopic (exact) mass is 326 g/mol. The third kappa shape index (κ3) is 2.94. The number of anilines is 1. The van der Waals surface area contributed by atoms with Crippen LogP contribution in [0.3, 0.4) is 0 Å². The Labute approximate surface area is 135 Å². The summed E-state index contributed by atoms with van der Waals surface area (Å²) in [6.07, 6.45) is 5.34. The van der Waals surface area contributed by atoms with Crippen molar-refractivity contribution in [3.8, 4) is 0 Å². The van der Waals surface area contributed by atoms with E-state index in [0.717, 1.165) is 31.4 Å². The Balaban J connectivity index is 0.00000161. The first-order valence-electron chi connectivity index (χ1n) is 6.86. The van der Waals surface area contributed by atoms with E-state index < -0.39 is 0 Å². The van der Waals surface area contributed by atoms with Crippen molar-refractivity contribution in [2.24, 2.45) is 21.5 Å². The molecule has 1 aliphatic carbocycles. The van der Waals surface area contributed by atoms with Gasteiger partial charge in [0, 0.05) is 10.7 Å². The number of aliphatic imine (C=N–C) groups is 2. The molecule has 114 valence electrons. The average molecular weight is 327 g/mol. The Hall–Kier alpha value is -1.46. The molecule has 2 aliphatic rings. The van der Waals surface area contributed by atoms with E-state index in [1.807, 2.05) is 29.2 Å². The van der Waals surface area contributed by atoms with E-state index in [1.165, 1.54) is 6.42 Å². The molecule has 0 atom stereocenters. The van der Waals surface area contributed by atoms with Gasteiger partial charge in [-0.2, -0.15) is 4.99 Å². The van der Waals surface area contributed by atoms with E-state index in [4.69, 9.17) is 23.1 Å². The van der Waals surface area contributed by atoms with Crippen molar-refractivity contribution in [3.63, 3.8) is 0 Å². The molecular formula is C14H18Cl2N5-. The van der Waals surface area contributed by atoms with Crippen LogP contribution < -0.4 is 28.8 Å². The highest BCUT2D eigenvalue weighted by atomic mass is 35.5. The second kappa shape index (κ2) is 6.12. The molecular weight excluding hydrogens is 309 g/mol. The zero-order chi connectivity index (χ0) is 14.2. The largest absolute Gasteiger partial charge is 1.00 e. The lowest BCUT2D eigenvalue weighted by Crippen LogP contribution is -3.00. The maximum Gasteiger partial charge on any atom is 0.220 e. The van der Waals surface area contributed by atoms with Gasteiger partial charge in [-0.1, -0.05) is 18.0 Å². The predicted molar refractivity (Wildman–Crippen MR) is 83.0 cm³/mol. The molecule has 1 aromatic rings. The third-order valence-corrected chi connectivity index (χ3v) is 4.19. The molecule has 0 amide bonds. The van der Waals surface area contributed by atoms with E-state index in [1.54, 1.807) is 0 Å². The smallest absolute Gasteiger partial charge is 0.220 e. The Kier molecular flexibility index (Phi) is 4.64. The first-order valence-corrected chi connectivity index (χ1v) is 7.24. The van der Waals surface area contributed by atoms with Crippen LogP contribution in [0.2, 0.25) is 5.02 Å². The SMILES string of the molecule is NC1=NC2(CCCCC2)N(c2ccc(Cl)cc2)C(N)=N1.[Cl-]. The van der Waals surface area contributed by atoms with Crippen molar-refractivity contribution in [1.82, 2.24) is 0 Å². The van der Waals surface area contributed by atoms with Gasteiger partial charge in [-0.3, -0.25) is 4.90 Å². The van der Waals surface area contributed by atoms with Crippen LogP contribution in [0, 0.1) is 0 Å². The van der Waals surface area contributed by atoms with Gasteiger partial charge in [0.1, 0.15) is 5.66 Å². The van der Waals surface area contributed by atoms with E-state index in [0.29, 0.717) is 11.0 Å². The summed E-state index contributed by atoms with van der Waals surface area (Å²) in [6, 6.07) is 7.58. The number of hydrogen-bond donors (Lipinski definition) is 2. The fourth-order valence-electron chi connectivity index (χ4n) is 3.08. The number of halogens is 2. The van der Waals surface area contributed by atoms with Crippen molar-refractivity contribution < 1.29 is 12.4 Å². The topological polar surface area (TPSA) is 80.0 Å². The van der Waals surface area contributed by atoms with Crippen molar-refractivity contribution in [3.05, 3.63) is 29.3 Å². The molecule has 5 nitrogen and oxygen atoms in total. The van der Waals surface area contributed by atoms with E-state index in [-0.39, 0.29) is 24.0 Å². The molecule has 3 rings (SSSR count). The zero-order valence-corrected chi connectivity index (χ0v) is 13.1. The number of rotatable bonds is 1. The first-order chi connectivity index (χ1) is 9.61. The van der Waals surface area contributed by atoms with Gasteiger partial charge in [0.25, 0.3) is 0 Å². The molecule has 1 aliphatic heterocycles. The molecule has 0 aromatic heterocycles. The quantitative estimate of drug-likeness (QED) is 0.727. The zero-order valence-electron chi connectivity index (χ0n) is 11.6. The van der Waals surface area contributed by atoms with Gasteiger partial charge in [0.15, 0.2) is 0 Å². The minimum absolute atomic E-state index is 0. The molecule has 0 unspecified atom stereocenters. The molecule has 0 bridgehead atoms. The van der Waals surface area contributed by atoms with E-state index in [2.05, 4.69) is 9.98 Å². The van der Waals surface area contributed by atoms with Crippen LogP contribution in [-0.2, 0) is 0 Å². The fraction of sp³-hybridized carbons (Fsp3) is 0.429. The van der Waals surface area contributed by atoms with Crippen molar-refractivity contribution in [1.29, 1.82) is 0 Å². The van der Waals surface area contributed by atoms with Crippen molar-refractivity contribution in [2.45, 2.75) is 37.8 Å². The Morgan fingerprint density at radius 3 is 2.29 bits per heavy atom. The lowest BCUT2D eigenvalue weighted by molar-refractivity contribution is -0.00000475. The summed E-state index contributed by atoms with van der Waals surface area (Å²) in [4.78, 5) is 10.8. The second-order valence-electron chi connectivity index (χ2n) is 5.29. The molecule has 1 heterocycles. The van der Waals surface area contributed by atoms with Gasteiger partial charge < -0.3 is 23.9 Å². The minimum atomic E-state index is -0.387. The van der Waals surface area contributed by atoms with Crippen molar-refractivity contribution in [2.75, 3.05) is 4.90 Å². The average Bonchev–Trinajstić information content (AvgIpc) is 2.41. The molecule has 7 heteroatoms. The number of nitrogens with zero attached hydrogens (tertiary/aromatic N) is 3. The highest BCUT2D eigenvalue weighted by Crippen LogP contribution is 2.39. The second-order valence-corrected chi connectivity index (χ2v) is 5.73. The lowest BCUT2D eigenvalue weighted by atomic mass is 9.87. The number of nitrogens with two attached hydrogens (primary N) is 2. The predicted octanol–water partition coefficient (Wildman–Crippen LogP) is -0.546. The third-order valence-electron chi connectivity index (χ3n) is 3.94. The summed E-state index contributed by atoms with van der Waals surface area (Å²) >= 11 is 5.96. The molecule has 4 N–H and O–H groups in total. The van der Waals surface area contributed by atoms with Crippen LogP contribution in [0.15, 0.2) is 34.3 Å². The Morgan fingerprint density at radius 1 is 1.05 bits per heavy atom. The number of guanidine groups is 2. The highest BCUT2D eigenvalue weighted by Gasteiger charge is 2.42. The van der Waals surface area contributed by atoms with Gasteiger partial charge >= 0.3 is 0 Å². The minimum Gasteiger partial charge on any atom is -1.00 e. The lowest BCUT2D eigenvalue weighted by Gasteiger charge is -2.45. The van der Waals surface area contributed by atoms with Crippen LogP contribution in [0.25, 0.3) is 0 Å². The first kappa shape index (κ1) is 15.9. The van der Waals surface area contributed by atoms with Gasteiger partial charge in [0.2, 0.25) is 11.9 Å². The maximum absolute atomic E-state index is 6.13. The standard InChI is InChI=1S/C14H18ClN5.ClH/c15-10-4-6-11(7-5-10)20-13(17)18-12(16)19-14(20)8-2-1-3-9-14;/h4-7H,1-3,8-9H2,(H4,16,17,18,19);1H/p-1. The Morgan fingerprint density at radius 2 is 1.67 bits per heavy atom. The van der Waals surface area contributed by atoms with Crippen LogP contribution in [-0.4, -0.2) is 17.6 Å². The van der Waals surface area contributed by atoms with Crippen LogP contribution in [0.5, 0.6) is 0 Å². The molecule has 1 fully saturated rings. The van der Waals surface area contributed by atoms with Crippen LogP contribution in [0.4, 0.5) is 5.69 Å². The van der Waals surface area contributed by atoms with Gasteiger partial charge in [-0.25, -0.2) is 4.99 Å². The van der Waals surface area contributed by atoms with Gasteiger partial charge in [0.05, 0.1) is 0 Å². The summed E-state index contributed by atoms with van der Waals surface area (Å²) in [5.41, 5.74) is 12.5. The van der Waals surface area contributed by atoms with Gasteiger partial charge in [-0.15, -0.1) is 0 Å². The molecule has 21 heavy (non-hydrogen) atoms. The molecule has 0 saturated heterocycles. The summed E-state index contributed by atoms with van der Waals surface area (Å²) in [7, 11) is 0. The van der Waals surface area contributed by atoms with E-state index in [9.17, 15) is 0 Å². The molecule has 1 aromatic carbocycles. The van der Waals surface area contributed by atoms with Crippen molar-refractivity contribution >= 4 is 29.2 Å². The summed E-state index contributed by atoms with van der Waals surface area (Å²) in [5, 5.41) is 0.696. The molecule has 0 radical (unpaired) electrons. The summed E-state index contributed by atoms with van der Waals surface area (Å²) in [6.45, 7) is 0. The Bertz CT molecular complexity index is 561. The summed E-state index contributed by atoms with van der Waals surface area (Å²) < 4.78 is 0. The molecule has 1 saturated carbocycles. The summed E-state index contributed by atoms with van der Waals surface area (Å²) in [5.74, 6) is 0.677. The van der Waals surface area contributed by atoms with E-state index >= 15 is 0 Å².